The average Bonchev–Trinajstić information content (AvgIpc) is 3.63. The summed E-state index contributed by atoms with van der Waals surface area (Å²) in [7, 11) is 0. The van der Waals surface area contributed by atoms with Crippen molar-refractivity contribution in [3.63, 3.8) is 0 Å². The highest BCUT2D eigenvalue weighted by Crippen LogP contribution is 2.39. The van der Waals surface area contributed by atoms with E-state index in [1.807, 2.05) is 64.3 Å². The number of halogens is 1. The number of urea groups is 1. The number of hydrogen-bond donors (Lipinski definition) is 1. The number of nitrogens with zero attached hydrogens (tertiary/aromatic N) is 4. The van der Waals surface area contributed by atoms with Gasteiger partial charge in [0.1, 0.15) is 11.6 Å². The van der Waals surface area contributed by atoms with Crippen LogP contribution in [0.25, 0.3) is 11.5 Å². The van der Waals surface area contributed by atoms with Crippen molar-refractivity contribution in [2.24, 2.45) is 0 Å². The van der Waals surface area contributed by atoms with Gasteiger partial charge in [0.05, 0.1) is 29.7 Å². The van der Waals surface area contributed by atoms with Gasteiger partial charge in [-0.25, -0.2) is 13.9 Å². The van der Waals surface area contributed by atoms with Gasteiger partial charge >= 0.3 is 6.03 Å². The highest BCUT2D eigenvalue weighted by atomic mass is 19.1. The Kier molecular flexibility index (Phi) is 5.83. The van der Waals surface area contributed by atoms with Gasteiger partial charge in [-0.3, -0.25) is 0 Å². The lowest BCUT2D eigenvalue weighted by atomic mass is 10.0. The van der Waals surface area contributed by atoms with Crippen LogP contribution in [0.1, 0.15) is 61.2 Å². The topological polar surface area (TPSA) is 55.1 Å². The Bertz CT molecular complexity index is 1390. The molecule has 184 valence electrons. The second-order valence-electron chi connectivity index (χ2n) is 9.67. The molecular formula is C29H30FN5O. The van der Waals surface area contributed by atoms with Crippen LogP contribution in [-0.2, 0) is 13.0 Å². The van der Waals surface area contributed by atoms with Crippen molar-refractivity contribution in [3.05, 3.63) is 101 Å². The maximum absolute atomic E-state index is 14.4. The monoisotopic (exact) mass is 483 g/mol. The molecule has 6 nitrogen and oxygen atoms in total. The van der Waals surface area contributed by atoms with Gasteiger partial charge < -0.3 is 14.8 Å². The molecule has 1 atom stereocenters. The highest BCUT2D eigenvalue weighted by Gasteiger charge is 2.37. The van der Waals surface area contributed by atoms with Crippen LogP contribution >= 0.6 is 0 Å². The fourth-order valence-corrected chi connectivity index (χ4v) is 5.70. The van der Waals surface area contributed by atoms with Crippen LogP contribution in [0.3, 0.4) is 0 Å². The first-order chi connectivity index (χ1) is 17.6. The number of amides is 2. The Morgan fingerprint density at radius 1 is 1.06 bits per heavy atom. The Morgan fingerprint density at radius 3 is 2.61 bits per heavy atom. The fraction of sp³-hybridized carbons (Fsp3) is 0.310. The molecule has 1 N–H and O–H groups in total. The maximum Gasteiger partial charge on any atom is 0.318 e. The van der Waals surface area contributed by atoms with E-state index in [2.05, 4.69) is 16.8 Å². The molecule has 36 heavy (non-hydrogen) atoms. The quantitative estimate of drug-likeness (QED) is 0.392. The van der Waals surface area contributed by atoms with Gasteiger partial charge in [0.25, 0.3) is 0 Å². The maximum atomic E-state index is 14.4. The van der Waals surface area contributed by atoms with Crippen LogP contribution in [0.2, 0.25) is 0 Å². The SMILES string of the molecule is CCc1nn(-c2ccccc2)c2c1CN(C(=O)NC1CCCC1)C(c1cccc(F)c1)c1cccn1-2. The van der Waals surface area contributed by atoms with E-state index in [1.54, 1.807) is 6.07 Å². The van der Waals surface area contributed by atoms with Crippen molar-refractivity contribution < 1.29 is 9.18 Å². The summed E-state index contributed by atoms with van der Waals surface area (Å²) in [5, 5.41) is 8.26. The molecule has 2 aliphatic rings. The molecule has 7 heteroatoms. The summed E-state index contributed by atoms with van der Waals surface area (Å²) in [5.74, 6) is 0.615. The second kappa shape index (κ2) is 9.30. The van der Waals surface area contributed by atoms with E-state index in [0.717, 1.165) is 66.1 Å². The summed E-state index contributed by atoms with van der Waals surface area (Å²) < 4.78 is 18.5. The van der Waals surface area contributed by atoms with Crippen molar-refractivity contribution >= 4 is 6.03 Å². The van der Waals surface area contributed by atoms with E-state index in [9.17, 15) is 9.18 Å². The summed E-state index contributed by atoms with van der Waals surface area (Å²) in [5.41, 5.74) is 4.57. The minimum Gasteiger partial charge on any atom is -0.335 e. The molecular weight excluding hydrogens is 453 g/mol. The zero-order valence-corrected chi connectivity index (χ0v) is 20.4. The Hall–Kier alpha value is -3.87. The van der Waals surface area contributed by atoms with Crippen LogP contribution in [0.4, 0.5) is 9.18 Å². The number of benzene rings is 2. The molecule has 0 radical (unpaired) electrons. The summed E-state index contributed by atoms with van der Waals surface area (Å²) in [6.07, 6.45) is 7.01. The molecule has 1 saturated carbocycles. The largest absolute Gasteiger partial charge is 0.335 e. The first-order valence-electron chi connectivity index (χ1n) is 12.8. The third kappa shape index (κ3) is 3.88. The molecule has 2 amide bonds. The van der Waals surface area contributed by atoms with Crippen LogP contribution in [0, 0.1) is 5.82 Å². The first-order valence-corrected chi connectivity index (χ1v) is 12.8. The molecule has 1 aliphatic carbocycles. The van der Waals surface area contributed by atoms with Gasteiger partial charge in [0, 0.05) is 17.8 Å². The van der Waals surface area contributed by atoms with E-state index in [4.69, 9.17) is 5.10 Å². The van der Waals surface area contributed by atoms with Crippen molar-refractivity contribution in [1.29, 1.82) is 0 Å². The number of hydrogen-bond acceptors (Lipinski definition) is 2. The lowest BCUT2D eigenvalue weighted by Crippen LogP contribution is -2.45. The highest BCUT2D eigenvalue weighted by molar-refractivity contribution is 5.76. The van der Waals surface area contributed by atoms with Crippen LogP contribution < -0.4 is 5.32 Å². The van der Waals surface area contributed by atoms with Crippen LogP contribution in [0.5, 0.6) is 0 Å². The molecule has 4 aromatic rings. The van der Waals surface area contributed by atoms with Crippen molar-refractivity contribution in [2.75, 3.05) is 0 Å². The van der Waals surface area contributed by atoms with Gasteiger partial charge in [-0.15, -0.1) is 0 Å². The molecule has 2 aromatic heterocycles. The Labute approximate surface area is 210 Å². The third-order valence-electron chi connectivity index (χ3n) is 7.41. The molecule has 1 fully saturated rings. The summed E-state index contributed by atoms with van der Waals surface area (Å²) in [6.45, 7) is 2.47. The van der Waals surface area contributed by atoms with Gasteiger partial charge in [-0.2, -0.15) is 5.10 Å². The summed E-state index contributed by atoms with van der Waals surface area (Å²) in [4.78, 5) is 15.7. The van der Waals surface area contributed by atoms with Gasteiger partial charge in [-0.05, 0) is 61.2 Å². The van der Waals surface area contributed by atoms with E-state index in [1.165, 1.54) is 12.1 Å². The molecule has 3 heterocycles. The molecule has 0 bridgehead atoms. The van der Waals surface area contributed by atoms with E-state index in [-0.39, 0.29) is 17.9 Å². The number of rotatable bonds is 4. The van der Waals surface area contributed by atoms with Crippen LogP contribution in [0.15, 0.2) is 72.9 Å². The Balaban J connectivity index is 1.55. The number of fused-ring (bicyclic) bond motifs is 3. The third-order valence-corrected chi connectivity index (χ3v) is 7.41. The number of para-hydroxylation sites is 1. The normalized spacial score (nSPS) is 17.5. The van der Waals surface area contributed by atoms with Gasteiger partial charge in [-0.1, -0.05) is 50.1 Å². The standard InChI is InChI=1S/C29H30FN5O/c1-2-25-24-19-34(29(36)31-22-12-6-7-13-22)27(20-10-8-11-21(30)18-20)26-16-9-17-33(26)28(24)35(32-25)23-14-4-3-5-15-23/h3-5,8-11,14-18,22,27H,2,6-7,12-13,19H2,1H3,(H,31,36). The van der Waals surface area contributed by atoms with Crippen molar-refractivity contribution in [1.82, 2.24) is 24.6 Å². The average molecular weight is 484 g/mol. The van der Waals surface area contributed by atoms with E-state index >= 15 is 0 Å². The van der Waals surface area contributed by atoms with Gasteiger partial charge in [0.15, 0.2) is 0 Å². The molecule has 6 rings (SSSR count). The number of carbonyl (C=O) groups excluding carboxylic acids is 1. The summed E-state index contributed by atoms with van der Waals surface area (Å²) >= 11 is 0. The second-order valence-corrected chi connectivity index (χ2v) is 9.67. The van der Waals surface area contributed by atoms with Crippen molar-refractivity contribution in [3.8, 4) is 11.5 Å². The molecule has 0 saturated heterocycles. The number of aromatic nitrogens is 3. The van der Waals surface area contributed by atoms with E-state index < -0.39 is 6.04 Å². The predicted molar refractivity (Wildman–Crippen MR) is 137 cm³/mol. The van der Waals surface area contributed by atoms with E-state index in [0.29, 0.717) is 6.54 Å². The molecule has 1 aliphatic heterocycles. The molecule has 2 aromatic carbocycles. The zero-order valence-electron chi connectivity index (χ0n) is 20.4. The lowest BCUT2D eigenvalue weighted by Gasteiger charge is -2.32. The number of carbonyl (C=O) groups is 1. The minimum atomic E-state index is -0.446. The van der Waals surface area contributed by atoms with Crippen molar-refractivity contribution in [2.45, 2.75) is 57.7 Å². The minimum absolute atomic E-state index is 0.119. The summed E-state index contributed by atoms with van der Waals surface area (Å²) in [6, 6.07) is 20.3. The Morgan fingerprint density at radius 2 is 1.86 bits per heavy atom. The zero-order chi connectivity index (χ0) is 24.6. The smallest absolute Gasteiger partial charge is 0.318 e. The number of nitrogens with one attached hydrogen (secondary N) is 1. The predicted octanol–water partition coefficient (Wildman–Crippen LogP) is 5.92. The first kappa shape index (κ1) is 22.6. The van der Waals surface area contributed by atoms with Crippen LogP contribution in [-0.4, -0.2) is 31.3 Å². The fourth-order valence-electron chi connectivity index (χ4n) is 5.70. The number of aryl methyl sites for hydroxylation is 1. The van der Waals surface area contributed by atoms with Gasteiger partial charge in [0.2, 0.25) is 0 Å². The molecule has 1 unspecified atom stereocenters. The lowest BCUT2D eigenvalue weighted by molar-refractivity contribution is 0.176. The molecule has 0 spiro atoms.